The van der Waals surface area contributed by atoms with Crippen LogP contribution in [0.5, 0.6) is 0 Å². The summed E-state index contributed by atoms with van der Waals surface area (Å²) in [6, 6.07) is 14.9. The molecule has 4 aliphatic rings. The lowest BCUT2D eigenvalue weighted by atomic mass is 9.38. The van der Waals surface area contributed by atoms with Crippen LogP contribution in [0.2, 0.25) is 0 Å². The highest BCUT2D eigenvalue weighted by Crippen LogP contribution is 2.69. The third-order valence-electron chi connectivity index (χ3n) is 7.33. The van der Waals surface area contributed by atoms with Crippen LogP contribution in [-0.2, 0) is 11.2 Å². The van der Waals surface area contributed by atoms with Crippen LogP contribution in [0.25, 0.3) is 0 Å². The van der Waals surface area contributed by atoms with E-state index < -0.39 is 0 Å². The van der Waals surface area contributed by atoms with E-state index in [1.165, 1.54) is 42.5 Å². The highest BCUT2D eigenvalue weighted by Gasteiger charge is 2.66. The van der Waals surface area contributed by atoms with Crippen LogP contribution in [0.1, 0.15) is 54.8 Å². The van der Waals surface area contributed by atoms with Gasteiger partial charge in [-0.2, -0.15) is 0 Å². The van der Waals surface area contributed by atoms with E-state index in [-0.39, 0.29) is 17.8 Å². The van der Waals surface area contributed by atoms with E-state index in [1.54, 1.807) is 0 Å². The first kappa shape index (κ1) is 17.9. The van der Waals surface area contributed by atoms with Crippen LogP contribution in [-0.4, -0.2) is 29.9 Å². The first-order valence-corrected chi connectivity index (χ1v) is 10.3. The molecule has 0 radical (unpaired) electrons. The second kappa shape index (κ2) is 6.41. The van der Waals surface area contributed by atoms with Crippen molar-refractivity contribution in [2.45, 2.75) is 50.1 Å². The van der Waals surface area contributed by atoms with Gasteiger partial charge in [-0.1, -0.05) is 36.4 Å². The van der Waals surface area contributed by atoms with Gasteiger partial charge in [0, 0.05) is 18.5 Å². The molecule has 3 nitrogen and oxygen atoms in total. The highest BCUT2D eigenvalue weighted by molar-refractivity contribution is 5.78. The highest BCUT2D eigenvalue weighted by atomic mass is 19.1. The van der Waals surface area contributed by atoms with Gasteiger partial charge in [0.2, 0.25) is 5.91 Å². The molecule has 3 aliphatic carbocycles. The van der Waals surface area contributed by atoms with Gasteiger partial charge in [0.15, 0.2) is 0 Å². The fourth-order valence-electron chi connectivity index (χ4n) is 5.88. The number of benzene rings is 2. The van der Waals surface area contributed by atoms with Gasteiger partial charge in [-0.05, 0) is 73.4 Å². The van der Waals surface area contributed by atoms with Crippen LogP contribution in [0.4, 0.5) is 4.39 Å². The predicted molar refractivity (Wildman–Crippen MR) is 107 cm³/mol. The lowest BCUT2D eigenvalue weighted by Crippen LogP contribution is -2.73. The van der Waals surface area contributed by atoms with E-state index in [1.807, 2.05) is 30.1 Å². The number of rotatable bonds is 5. The third-order valence-corrected chi connectivity index (χ3v) is 7.33. The van der Waals surface area contributed by atoms with Crippen LogP contribution < -0.4 is 5.32 Å². The van der Waals surface area contributed by atoms with Gasteiger partial charge < -0.3 is 10.2 Å². The molecule has 3 fully saturated rings. The summed E-state index contributed by atoms with van der Waals surface area (Å²) in [5, 5.41) is 3.44. The Bertz CT molecular complexity index is 887. The quantitative estimate of drug-likeness (QED) is 0.845. The number of carbonyl (C=O) groups is 1. The zero-order chi connectivity index (χ0) is 19.4. The van der Waals surface area contributed by atoms with Crippen LogP contribution >= 0.6 is 0 Å². The zero-order valence-corrected chi connectivity index (χ0v) is 16.4. The molecular formula is C24H27FN2O. The van der Waals surface area contributed by atoms with E-state index in [0.717, 1.165) is 24.9 Å². The SMILES string of the molecule is CNC12CC(CCC(=O)N3CCc4ccccc4[C@@H]3c3ccc(F)cc3)(C1)C2. The summed E-state index contributed by atoms with van der Waals surface area (Å²) in [5.74, 6) is -0.0140. The van der Waals surface area contributed by atoms with Crippen LogP contribution in [0.15, 0.2) is 48.5 Å². The zero-order valence-electron chi connectivity index (χ0n) is 16.4. The van der Waals surface area contributed by atoms with Gasteiger partial charge in [0.05, 0.1) is 6.04 Å². The van der Waals surface area contributed by atoms with E-state index in [0.29, 0.717) is 17.4 Å². The Morgan fingerprint density at radius 2 is 1.86 bits per heavy atom. The number of hydrogen-bond donors (Lipinski definition) is 1. The number of halogens is 1. The monoisotopic (exact) mass is 378 g/mol. The van der Waals surface area contributed by atoms with Crippen molar-refractivity contribution in [2.75, 3.05) is 13.6 Å². The Kier molecular flexibility index (Phi) is 4.09. The predicted octanol–water partition coefficient (Wildman–Crippen LogP) is 4.22. The maximum absolute atomic E-state index is 13.5. The van der Waals surface area contributed by atoms with E-state index in [2.05, 4.69) is 23.5 Å². The first-order valence-electron chi connectivity index (χ1n) is 10.3. The average molecular weight is 378 g/mol. The van der Waals surface area contributed by atoms with Crippen molar-refractivity contribution in [3.05, 3.63) is 71.0 Å². The maximum atomic E-state index is 13.5. The molecule has 3 saturated carbocycles. The van der Waals surface area contributed by atoms with Crippen molar-refractivity contribution in [1.82, 2.24) is 10.2 Å². The van der Waals surface area contributed by atoms with E-state index >= 15 is 0 Å². The Morgan fingerprint density at radius 3 is 2.57 bits per heavy atom. The molecule has 1 atom stereocenters. The van der Waals surface area contributed by atoms with Crippen molar-refractivity contribution >= 4 is 5.91 Å². The van der Waals surface area contributed by atoms with Gasteiger partial charge >= 0.3 is 0 Å². The number of nitrogens with zero attached hydrogens (tertiary/aromatic N) is 1. The molecule has 4 heteroatoms. The van der Waals surface area contributed by atoms with Crippen LogP contribution in [0.3, 0.4) is 0 Å². The van der Waals surface area contributed by atoms with Crippen molar-refractivity contribution in [2.24, 2.45) is 5.41 Å². The minimum Gasteiger partial charge on any atom is -0.331 e. The average Bonchev–Trinajstić information content (AvgIpc) is 2.66. The topological polar surface area (TPSA) is 32.3 Å². The summed E-state index contributed by atoms with van der Waals surface area (Å²) >= 11 is 0. The normalized spacial score (nSPS) is 30.2. The Labute approximate surface area is 165 Å². The molecule has 146 valence electrons. The molecule has 28 heavy (non-hydrogen) atoms. The smallest absolute Gasteiger partial charge is 0.223 e. The molecule has 6 rings (SSSR count). The van der Waals surface area contributed by atoms with Crippen LogP contribution in [0, 0.1) is 11.2 Å². The molecule has 2 aromatic rings. The molecule has 0 saturated heterocycles. The summed E-state index contributed by atoms with van der Waals surface area (Å²) < 4.78 is 13.5. The van der Waals surface area contributed by atoms with Gasteiger partial charge in [-0.25, -0.2) is 4.39 Å². The minimum absolute atomic E-state index is 0.116. The second-order valence-electron chi connectivity index (χ2n) is 9.05. The third kappa shape index (κ3) is 2.77. The van der Waals surface area contributed by atoms with Crippen molar-refractivity contribution in [3.8, 4) is 0 Å². The fraction of sp³-hybridized carbons (Fsp3) is 0.458. The lowest BCUT2D eigenvalue weighted by molar-refractivity contribution is -0.162. The fourth-order valence-corrected chi connectivity index (χ4v) is 5.88. The molecule has 0 aromatic heterocycles. The molecule has 2 bridgehead atoms. The molecule has 1 N–H and O–H groups in total. The number of hydrogen-bond acceptors (Lipinski definition) is 2. The summed E-state index contributed by atoms with van der Waals surface area (Å²) in [4.78, 5) is 15.3. The van der Waals surface area contributed by atoms with E-state index in [9.17, 15) is 9.18 Å². The number of nitrogens with one attached hydrogen (secondary N) is 1. The molecule has 0 unspecified atom stereocenters. The maximum Gasteiger partial charge on any atom is 0.223 e. The minimum atomic E-state index is -0.243. The standard InChI is InChI=1S/C24H27FN2O/c1-26-24-14-23(15-24,16-24)12-10-21(28)27-13-11-17-4-2-3-5-20(17)22(27)18-6-8-19(25)9-7-18/h2-9,22,26H,10-16H2,1H3/t22-,23?,24?/m0/s1. The van der Waals surface area contributed by atoms with Gasteiger partial charge in [-0.3, -0.25) is 4.79 Å². The largest absolute Gasteiger partial charge is 0.331 e. The summed E-state index contributed by atoms with van der Waals surface area (Å²) in [7, 11) is 2.05. The molecule has 1 aliphatic heterocycles. The van der Waals surface area contributed by atoms with Gasteiger partial charge in [0.25, 0.3) is 0 Å². The molecule has 0 spiro atoms. The Balaban J connectivity index is 1.36. The number of fused-ring (bicyclic) bond motifs is 1. The molecule has 2 aromatic carbocycles. The van der Waals surface area contributed by atoms with Gasteiger partial charge in [-0.15, -0.1) is 0 Å². The first-order chi connectivity index (χ1) is 13.5. The van der Waals surface area contributed by atoms with Crippen molar-refractivity contribution < 1.29 is 9.18 Å². The summed E-state index contributed by atoms with van der Waals surface area (Å²) in [6.45, 7) is 0.728. The van der Waals surface area contributed by atoms with Crippen molar-refractivity contribution in [3.63, 3.8) is 0 Å². The molecule has 1 heterocycles. The molecule has 1 amide bonds. The number of carbonyl (C=O) groups excluding carboxylic acids is 1. The van der Waals surface area contributed by atoms with Crippen molar-refractivity contribution in [1.29, 1.82) is 0 Å². The molecular weight excluding hydrogens is 351 g/mol. The summed E-state index contributed by atoms with van der Waals surface area (Å²) in [6.07, 6.45) is 6.13. The van der Waals surface area contributed by atoms with E-state index in [4.69, 9.17) is 0 Å². The summed E-state index contributed by atoms with van der Waals surface area (Å²) in [5.41, 5.74) is 4.23. The lowest BCUT2D eigenvalue weighted by Gasteiger charge is -2.71. The number of amides is 1. The van der Waals surface area contributed by atoms with Gasteiger partial charge in [0.1, 0.15) is 5.82 Å². The Hall–Kier alpha value is -2.20. The second-order valence-corrected chi connectivity index (χ2v) is 9.05. The Morgan fingerprint density at radius 1 is 1.14 bits per heavy atom.